The van der Waals surface area contributed by atoms with Crippen molar-refractivity contribution in [2.45, 2.75) is 64.0 Å². The van der Waals surface area contributed by atoms with E-state index in [0.29, 0.717) is 53.2 Å². The Morgan fingerprint density at radius 3 is 2.60 bits per heavy atom. The van der Waals surface area contributed by atoms with Crippen LogP contribution in [0, 0.1) is 0 Å². The van der Waals surface area contributed by atoms with E-state index in [2.05, 4.69) is 21.3 Å². The Labute approximate surface area is 251 Å². The Morgan fingerprint density at radius 2 is 1.81 bits per heavy atom. The molecule has 0 aliphatic carbocycles. The standard InChI is InChI=1S/C31H40N6O6/c1-43-26-18-20(11-12-23(26)32)29(40)34-17-7-16-33-15-5-3-2-4-10-27(38)35-24-9-6-8-21-22(24)19-37(31(21)42)25-13-14-28(39)36-30(25)41/h6,8-9,11-12,18,25,33H,2-5,7,10,13-17,19,32H2,1H3,(H,34,40)(H,35,38)(H,36,39,41). The van der Waals surface area contributed by atoms with Gasteiger partial charge in [-0.3, -0.25) is 29.3 Å². The highest BCUT2D eigenvalue weighted by molar-refractivity contribution is 6.06. The molecule has 12 nitrogen and oxygen atoms in total. The highest BCUT2D eigenvalue weighted by Gasteiger charge is 2.39. The molecule has 5 amide bonds. The van der Waals surface area contributed by atoms with Crippen LogP contribution in [0.1, 0.15) is 77.6 Å². The van der Waals surface area contributed by atoms with E-state index in [4.69, 9.17) is 10.5 Å². The lowest BCUT2D eigenvalue weighted by atomic mass is 10.0. The second-order valence-corrected chi connectivity index (χ2v) is 10.8. The second-order valence-electron chi connectivity index (χ2n) is 10.8. The first-order valence-electron chi connectivity index (χ1n) is 14.8. The number of benzene rings is 2. The summed E-state index contributed by atoms with van der Waals surface area (Å²) >= 11 is 0. The number of nitrogens with one attached hydrogen (secondary N) is 4. The van der Waals surface area contributed by atoms with Gasteiger partial charge in [-0.15, -0.1) is 0 Å². The van der Waals surface area contributed by atoms with Crippen LogP contribution in [0.3, 0.4) is 0 Å². The van der Waals surface area contributed by atoms with E-state index < -0.39 is 11.9 Å². The number of piperidine rings is 1. The van der Waals surface area contributed by atoms with Crippen LogP contribution in [0.5, 0.6) is 5.75 Å². The third-order valence-corrected chi connectivity index (χ3v) is 7.68. The van der Waals surface area contributed by atoms with Gasteiger partial charge in [0.1, 0.15) is 11.8 Å². The minimum absolute atomic E-state index is 0.113. The molecule has 0 bridgehead atoms. The summed E-state index contributed by atoms with van der Waals surface area (Å²) in [5, 5.41) is 11.5. The van der Waals surface area contributed by atoms with Crippen molar-refractivity contribution in [2.75, 3.05) is 37.8 Å². The maximum absolute atomic E-state index is 13.0. The molecule has 1 unspecified atom stereocenters. The second kappa shape index (κ2) is 15.1. The zero-order valence-electron chi connectivity index (χ0n) is 24.5. The average molecular weight is 593 g/mol. The number of carbonyl (C=O) groups excluding carboxylic acids is 5. The third kappa shape index (κ3) is 8.31. The van der Waals surface area contributed by atoms with Crippen molar-refractivity contribution in [3.8, 4) is 5.75 Å². The summed E-state index contributed by atoms with van der Waals surface area (Å²) in [5.74, 6) is -0.853. The van der Waals surface area contributed by atoms with Gasteiger partial charge in [0.05, 0.1) is 12.8 Å². The summed E-state index contributed by atoms with van der Waals surface area (Å²) in [6.45, 7) is 2.43. The van der Waals surface area contributed by atoms with Gasteiger partial charge in [0.15, 0.2) is 0 Å². The minimum atomic E-state index is -0.693. The van der Waals surface area contributed by atoms with Crippen LogP contribution >= 0.6 is 0 Å². The van der Waals surface area contributed by atoms with Crippen LogP contribution < -0.4 is 31.7 Å². The first-order valence-corrected chi connectivity index (χ1v) is 14.8. The lowest BCUT2D eigenvalue weighted by Gasteiger charge is -2.29. The van der Waals surface area contributed by atoms with E-state index in [1.807, 2.05) is 0 Å². The highest BCUT2D eigenvalue weighted by Crippen LogP contribution is 2.32. The predicted octanol–water partition coefficient (Wildman–Crippen LogP) is 2.34. The molecule has 0 aromatic heterocycles. The van der Waals surface area contributed by atoms with Gasteiger partial charge in [-0.1, -0.05) is 18.9 Å². The van der Waals surface area contributed by atoms with E-state index in [1.165, 1.54) is 12.0 Å². The number of imide groups is 1. The van der Waals surface area contributed by atoms with Crippen molar-refractivity contribution in [1.29, 1.82) is 0 Å². The summed E-state index contributed by atoms with van der Waals surface area (Å²) < 4.78 is 5.16. The molecule has 2 aromatic carbocycles. The molecule has 0 radical (unpaired) electrons. The molecule has 2 heterocycles. The van der Waals surface area contributed by atoms with Crippen LogP contribution in [-0.4, -0.2) is 67.2 Å². The zero-order valence-corrected chi connectivity index (χ0v) is 24.5. The number of amides is 5. The summed E-state index contributed by atoms with van der Waals surface area (Å²) in [4.78, 5) is 63.1. The molecule has 12 heteroatoms. The molecule has 6 N–H and O–H groups in total. The fraction of sp³-hybridized carbons (Fsp3) is 0.452. The first kappa shape index (κ1) is 31.5. The van der Waals surface area contributed by atoms with Crippen molar-refractivity contribution in [2.24, 2.45) is 0 Å². The normalized spacial score (nSPS) is 16.1. The largest absolute Gasteiger partial charge is 0.495 e. The maximum Gasteiger partial charge on any atom is 0.255 e. The Kier molecular flexibility index (Phi) is 11.1. The topological polar surface area (TPSA) is 172 Å². The lowest BCUT2D eigenvalue weighted by Crippen LogP contribution is -2.52. The molecule has 2 aliphatic rings. The summed E-state index contributed by atoms with van der Waals surface area (Å²) in [7, 11) is 1.51. The molecule has 1 fully saturated rings. The molecular weight excluding hydrogens is 552 g/mol. The summed E-state index contributed by atoms with van der Waals surface area (Å²) in [6.07, 6.45) is 5.32. The number of methoxy groups -OCH3 is 1. The Bertz CT molecular complexity index is 1360. The number of carbonyl (C=O) groups is 5. The molecule has 230 valence electrons. The van der Waals surface area contributed by atoms with E-state index in [1.54, 1.807) is 36.4 Å². The summed E-state index contributed by atoms with van der Waals surface area (Å²) in [6, 6.07) is 9.44. The lowest BCUT2D eigenvalue weighted by molar-refractivity contribution is -0.137. The van der Waals surface area contributed by atoms with Crippen LogP contribution in [0.4, 0.5) is 11.4 Å². The van der Waals surface area contributed by atoms with Crippen molar-refractivity contribution >= 4 is 40.9 Å². The number of hydrogen-bond acceptors (Lipinski definition) is 8. The van der Waals surface area contributed by atoms with Crippen LogP contribution in [0.15, 0.2) is 36.4 Å². The fourth-order valence-electron chi connectivity index (χ4n) is 5.30. The number of nitrogen functional groups attached to an aromatic ring is 1. The van der Waals surface area contributed by atoms with E-state index >= 15 is 0 Å². The van der Waals surface area contributed by atoms with Gasteiger partial charge >= 0.3 is 0 Å². The predicted molar refractivity (Wildman–Crippen MR) is 161 cm³/mol. The smallest absolute Gasteiger partial charge is 0.255 e. The molecule has 0 saturated carbocycles. The SMILES string of the molecule is COc1cc(C(=O)NCCCNCCCCCCC(=O)Nc2cccc3c2CN(C2CCC(=O)NC2=O)C3=O)ccc1N. The van der Waals surface area contributed by atoms with Gasteiger partial charge in [0.2, 0.25) is 17.7 Å². The Balaban J connectivity index is 1.07. The molecule has 1 atom stereocenters. The number of nitrogens with two attached hydrogens (primary N) is 1. The van der Waals surface area contributed by atoms with Gasteiger partial charge in [-0.2, -0.15) is 0 Å². The number of rotatable bonds is 15. The van der Waals surface area contributed by atoms with Gasteiger partial charge < -0.3 is 31.3 Å². The minimum Gasteiger partial charge on any atom is -0.495 e. The zero-order chi connectivity index (χ0) is 30.8. The first-order chi connectivity index (χ1) is 20.8. The van der Waals surface area contributed by atoms with E-state index in [0.717, 1.165) is 45.2 Å². The van der Waals surface area contributed by atoms with E-state index in [9.17, 15) is 24.0 Å². The Hall–Kier alpha value is -4.45. The number of unbranched alkanes of at least 4 members (excludes halogenated alkanes) is 3. The van der Waals surface area contributed by atoms with Gasteiger partial charge in [0.25, 0.3) is 11.8 Å². The fourth-order valence-corrected chi connectivity index (χ4v) is 5.30. The molecule has 43 heavy (non-hydrogen) atoms. The van der Waals surface area contributed by atoms with Crippen molar-refractivity contribution in [1.82, 2.24) is 20.9 Å². The summed E-state index contributed by atoms with van der Waals surface area (Å²) in [5.41, 5.74) is 8.53. The molecule has 2 aromatic rings. The van der Waals surface area contributed by atoms with Crippen LogP contribution in [0.2, 0.25) is 0 Å². The van der Waals surface area contributed by atoms with Crippen molar-refractivity contribution in [3.05, 3.63) is 53.1 Å². The van der Waals surface area contributed by atoms with Gasteiger partial charge in [-0.05, 0) is 69.1 Å². The molecule has 0 spiro atoms. The Morgan fingerprint density at radius 1 is 1.02 bits per heavy atom. The number of anilines is 2. The monoisotopic (exact) mass is 592 g/mol. The molecule has 2 aliphatic heterocycles. The number of fused-ring (bicyclic) bond motifs is 1. The third-order valence-electron chi connectivity index (χ3n) is 7.68. The molecule has 4 rings (SSSR count). The molecule has 1 saturated heterocycles. The van der Waals surface area contributed by atoms with E-state index in [-0.39, 0.29) is 36.6 Å². The van der Waals surface area contributed by atoms with Crippen molar-refractivity contribution < 1.29 is 28.7 Å². The van der Waals surface area contributed by atoms with Gasteiger partial charge in [0, 0.05) is 48.3 Å². The number of ether oxygens (including phenoxy) is 1. The quantitative estimate of drug-likeness (QED) is 0.119. The number of nitrogens with zero attached hydrogens (tertiary/aromatic N) is 1. The number of hydrogen-bond donors (Lipinski definition) is 5. The molecular formula is C31H40N6O6. The highest BCUT2D eigenvalue weighted by atomic mass is 16.5. The van der Waals surface area contributed by atoms with Crippen LogP contribution in [-0.2, 0) is 20.9 Å². The van der Waals surface area contributed by atoms with Gasteiger partial charge in [-0.25, -0.2) is 0 Å². The maximum atomic E-state index is 13.0. The van der Waals surface area contributed by atoms with Crippen LogP contribution in [0.25, 0.3) is 0 Å². The average Bonchev–Trinajstić information content (AvgIpc) is 3.32. The van der Waals surface area contributed by atoms with Crippen molar-refractivity contribution in [3.63, 3.8) is 0 Å².